The van der Waals surface area contributed by atoms with Crippen molar-refractivity contribution in [3.63, 3.8) is 0 Å². The van der Waals surface area contributed by atoms with E-state index in [4.69, 9.17) is 0 Å². The predicted molar refractivity (Wildman–Crippen MR) is 40.0 cm³/mol. The largest absolute Gasteiger partial charge is 0.0943 e. The zero-order chi connectivity index (χ0) is 4.41. The summed E-state index contributed by atoms with van der Waals surface area (Å²) < 4.78 is 1.65. The lowest BCUT2D eigenvalue weighted by Crippen LogP contribution is -1.69. The van der Waals surface area contributed by atoms with Crippen LogP contribution < -0.4 is 0 Å². The van der Waals surface area contributed by atoms with Gasteiger partial charge in [-0.1, -0.05) is 8.20 Å². The van der Waals surface area contributed by atoms with Gasteiger partial charge in [0.15, 0.2) is 0 Å². The Hall–Kier alpha value is 0.900. The lowest BCUT2D eigenvalue weighted by Gasteiger charge is -1.76. The van der Waals surface area contributed by atoms with Crippen LogP contribution in [0, 0.1) is 0 Å². The van der Waals surface area contributed by atoms with Gasteiger partial charge in [-0.25, -0.2) is 0 Å². The molecule has 0 nitrogen and oxygen atoms in total. The Morgan fingerprint density at radius 2 is 2.50 bits per heavy atom. The van der Waals surface area contributed by atoms with Crippen LogP contribution >= 0.6 is 30.8 Å². The second kappa shape index (κ2) is 2.27. The molecule has 0 unspecified atom stereocenters. The Kier molecular flexibility index (Phi) is 1.91. The van der Waals surface area contributed by atoms with E-state index in [2.05, 4.69) is 22.6 Å². The van der Waals surface area contributed by atoms with Crippen molar-refractivity contribution >= 4 is 34.1 Å². The Morgan fingerprint density at radius 3 is 2.67 bits per heavy atom. The summed E-state index contributed by atoms with van der Waals surface area (Å²) in [5.74, 6) is 0. The number of hydrogen-bond donors (Lipinski definition) is 0. The van der Waals surface area contributed by atoms with Crippen LogP contribution in [0.4, 0.5) is 0 Å². The minimum absolute atomic E-state index is 1.38. The molecule has 0 aliphatic carbocycles. The molecule has 1 rings (SSSR count). The van der Waals surface area contributed by atoms with Crippen molar-refractivity contribution in [2.75, 3.05) is 6.16 Å². The van der Waals surface area contributed by atoms with Crippen molar-refractivity contribution in [2.45, 2.75) is 12.8 Å². The molecule has 1 heterocycles. The van der Waals surface area contributed by atoms with Gasteiger partial charge in [0, 0.05) is 3.30 Å². The van der Waals surface area contributed by atoms with Crippen LogP contribution in [0.2, 0.25) is 0 Å². The van der Waals surface area contributed by atoms with Gasteiger partial charge in [-0.15, -0.1) is 0 Å². The summed E-state index contributed by atoms with van der Waals surface area (Å²) in [7, 11) is 1.59. The van der Waals surface area contributed by atoms with Gasteiger partial charge in [0.2, 0.25) is 0 Å². The van der Waals surface area contributed by atoms with E-state index in [0.29, 0.717) is 0 Å². The Bertz CT molecular complexity index is 77.6. The first kappa shape index (κ1) is 5.04. The fourth-order valence-corrected chi connectivity index (χ4v) is 2.48. The van der Waals surface area contributed by atoms with Crippen molar-refractivity contribution in [1.82, 2.24) is 0 Å². The molecule has 6 heavy (non-hydrogen) atoms. The molecule has 0 spiro atoms. The molecule has 0 N–H and O–H groups in total. The maximum absolute atomic E-state index is 2.44. The summed E-state index contributed by atoms with van der Waals surface area (Å²) in [4.78, 5) is 0. The minimum atomic E-state index is 1.38. The van der Waals surface area contributed by atoms with E-state index >= 15 is 0 Å². The zero-order valence-corrected chi connectivity index (χ0v) is 6.50. The molecule has 0 saturated carbocycles. The van der Waals surface area contributed by atoms with Gasteiger partial charge in [0.1, 0.15) is 0 Å². The smallest absolute Gasteiger partial charge is 0.0137 e. The Balaban J connectivity index is 2.45. The molecule has 0 radical (unpaired) electrons. The highest BCUT2D eigenvalue weighted by molar-refractivity contribution is 14.1. The Morgan fingerprint density at radius 1 is 1.67 bits per heavy atom. The molecular weight excluding hydrogens is 206 g/mol. The van der Waals surface area contributed by atoms with Crippen molar-refractivity contribution in [3.8, 4) is 0 Å². The monoisotopic (exact) mass is 212 g/mol. The third kappa shape index (κ3) is 1.19. The van der Waals surface area contributed by atoms with Crippen LogP contribution in [-0.4, -0.2) is 9.46 Å². The van der Waals surface area contributed by atoms with E-state index in [1.165, 1.54) is 19.0 Å². The lowest BCUT2D eigenvalue weighted by atomic mass is 10.4. The fourth-order valence-electron chi connectivity index (χ4n) is 0.504. The van der Waals surface area contributed by atoms with Crippen LogP contribution in [0.1, 0.15) is 12.8 Å². The molecule has 0 aromatic heterocycles. The molecule has 2 heteroatoms. The molecule has 0 fully saturated rings. The summed E-state index contributed by atoms with van der Waals surface area (Å²) in [6, 6.07) is 0. The van der Waals surface area contributed by atoms with E-state index in [1.807, 2.05) is 0 Å². The van der Waals surface area contributed by atoms with Gasteiger partial charge in [0.05, 0.1) is 0 Å². The molecule has 0 atom stereocenters. The van der Waals surface area contributed by atoms with Gasteiger partial charge in [-0.2, -0.15) is 0 Å². The van der Waals surface area contributed by atoms with E-state index < -0.39 is 0 Å². The van der Waals surface area contributed by atoms with Crippen molar-refractivity contribution in [1.29, 1.82) is 0 Å². The number of rotatable bonds is 0. The van der Waals surface area contributed by atoms with Crippen molar-refractivity contribution in [3.05, 3.63) is 0 Å². The van der Waals surface area contributed by atoms with Crippen molar-refractivity contribution in [2.24, 2.45) is 0 Å². The van der Waals surface area contributed by atoms with Gasteiger partial charge in [-0.3, -0.25) is 0 Å². The van der Waals surface area contributed by atoms with Gasteiger partial charge in [0.25, 0.3) is 0 Å². The van der Waals surface area contributed by atoms with Crippen LogP contribution in [-0.2, 0) is 0 Å². The van der Waals surface area contributed by atoms with Crippen LogP contribution in [0.5, 0.6) is 0 Å². The predicted octanol–water partition coefficient (Wildman–Crippen LogP) is 2.29. The Labute approximate surface area is 53.3 Å². The quantitative estimate of drug-likeness (QED) is 0.426. The standard InChI is InChI=1S/C4H6IP/c5-4-2-1-3-6-4/h1-3H2. The maximum Gasteiger partial charge on any atom is 0.0137 e. The average molecular weight is 212 g/mol. The molecule has 34 valence electrons. The molecule has 1 aliphatic rings. The normalized spacial score (nSPS) is 23.8. The SMILES string of the molecule is IC1=PCCC1. The van der Waals surface area contributed by atoms with Gasteiger partial charge >= 0.3 is 0 Å². The lowest BCUT2D eigenvalue weighted by molar-refractivity contribution is 1.05. The topological polar surface area (TPSA) is 0 Å². The third-order valence-electron chi connectivity index (χ3n) is 0.825. The summed E-state index contributed by atoms with van der Waals surface area (Å²) in [6.07, 6.45) is 4.22. The van der Waals surface area contributed by atoms with E-state index in [1.54, 1.807) is 11.5 Å². The second-order valence-corrected chi connectivity index (χ2v) is 4.82. The average Bonchev–Trinajstić information content (AvgIpc) is 1.86. The highest BCUT2D eigenvalue weighted by atomic mass is 127. The molecule has 1 aliphatic heterocycles. The minimum Gasteiger partial charge on any atom is -0.0943 e. The first-order valence-electron chi connectivity index (χ1n) is 2.08. The first-order chi connectivity index (χ1) is 2.89. The summed E-state index contributed by atoms with van der Waals surface area (Å²) >= 11 is 2.44. The fraction of sp³-hybridized carbons (Fsp3) is 0.750. The highest BCUT2D eigenvalue weighted by Crippen LogP contribution is 2.20. The number of hydrogen-bond acceptors (Lipinski definition) is 0. The molecule has 0 saturated heterocycles. The molecule has 0 bridgehead atoms. The molecule has 0 aromatic rings. The highest BCUT2D eigenvalue weighted by Gasteiger charge is 1.97. The zero-order valence-electron chi connectivity index (χ0n) is 3.45. The van der Waals surface area contributed by atoms with E-state index in [9.17, 15) is 0 Å². The van der Waals surface area contributed by atoms with Crippen molar-refractivity contribution < 1.29 is 0 Å². The summed E-state index contributed by atoms with van der Waals surface area (Å²) in [6.45, 7) is 0. The molecule has 0 amide bonds. The van der Waals surface area contributed by atoms with E-state index in [-0.39, 0.29) is 0 Å². The van der Waals surface area contributed by atoms with Crippen LogP contribution in [0.25, 0.3) is 0 Å². The first-order valence-corrected chi connectivity index (χ1v) is 4.24. The maximum atomic E-state index is 2.44. The van der Waals surface area contributed by atoms with Crippen LogP contribution in [0.15, 0.2) is 0 Å². The third-order valence-corrected chi connectivity index (χ3v) is 3.49. The van der Waals surface area contributed by atoms with Gasteiger partial charge < -0.3 is 0 Å². The summed E-state index contributed by atoms with van der Waals surface area (Å²) in [5, 5.41) is 0. The van der Waals surface area contributed by atoms with E-state index in [0.717, 1.165) is 0 Å². The van der Waals surface area contributed by atoms with Crippen LogP contribution in [0.3, 0.4) is 0 Å². The second-order valence-electron chi connectivity index (χ2n) is 1.36. The summed E-state index contributed by atoms with van der Waals surface area (Å²) in [5.41, 5.74) is 0. The van der Waals surface area contributed by atoms with Gasteiger partial charge in [-0.05, 0) is 41.6 Å². The number of halogens is 1. The molecule has 0 aromatic carbocycles. The molecular formula is C4H6IP.